The Morgan fingerprint density at radius 1 is 0.970 bits per heavy atom. The summed E-state index contributed by atoms with van der Waals surface area (Å²) in [5.41, 5.74) is 0.292. The van der Waals surface area contributed by atoms with Crippen molar-refractivity contribution in [2.24, 2.45) is 0 Å². The number of benzene rings is 2. The zero-order valence-electron chi connectivity index (χ0n) is 17.0. The first kappa shape index (κ1) is 22.4. The smallest absolute Gasteiger partial charge is 0.416 e. The van der Waals surface area contributed by atoms with Crippen molar-refractivity contribution < 1.29 is 32.9 Å². The van der Waals surface area contributed by atoms with Gasteiger partial charge in [0.25, 0.3) is 0 Å². The van der Waals surface area contributed by atoms with Crippen LogP contribution < -0.4 is 9.47 Å². The number of nitrogens with zero attached hydrogens (tertiary/aromatic N) is 3. The van der Waals surface area contributed by atoms with Gasteiger partial charge in [-0.05, 0) is 36.4 Å². The Hall–Kier alpha value is -3.76. The van der Waals surface area contributed by atoms with Gasteiger partial charge in [-0.15, -0.1) is 0 Å². The maximum Gasteiger partial charge on any atom is 0.416 e. The number of fused-ring (bicyclic) bond motifs is 1. The van der Waals surface area contributed by atoms with Gasteiger partial charge in [-0.1, -0.05) is 6.07 Å². The van der Waals surface area contributed by atoms with Gasteiger partial charge in [0.05, 0.1) is 23.4 Å². The van der Waals surface area contributed by atoms with Crippen molar-refractivity contribution in [3.05, 3.63) is 72.7 Å². The molecule has 0 unspecified atom stereocenters. The van der Waals surface area contributed by atoms with E-state index < -0.39 is 31.1 Å². The average molecular weight is 457 g/mol. The van der Waals surface area contributed by atoms with Crippen molar-refractivity contribution in [1.82, 2.24) is 15.0 Å². The summed E-state index contributed by atoms with van der Waals surface area (Å²) in [7, 11) is 0. The third-order valence-corrected chi connectivity index (χ3v) is 4.67. The van der Waals surface area contributed by atoms with E-state index in [1.54, 1.807) is 18.3 Å². The molecule has 0 radical (unpaired) electrons. The molecule has 0 aliphatic rings. The van der Waals surface area contributed by atoms with E-state index in [-0.39, 0.29) is 22.9 Å². The van der Waals surface area contributed by atoms with Gasteiger partial charge in [-0.2, -0.15) is 13.2 Å². The Balaban J connectivity index is 1.65. The molecule has 0 saturated carbocycles. The van der Waals surface area contributed by atoms with Gasteiger partial charge in [0.2, 0.25) is 5.88 Å². The van der Waals surface area contributed by atoms with Crippen LogP contribution in [0.15, 0.2) is 67.1 Å². The monoisotopic (exact) mass is 457 g/mol. The van der Waals surface area contributed by atoms with E-state index in [1.165, 1.54) is 18.5 Å². The van der Waals surface area contributed by atoms with Crippen LogP contribution in [-0.2, 0) is 6.18 Å². The van der Waals surface area contributed by atoms with Gasteiger partial charge in [0, 0.05) is 29.3 Å². The molecule has 0 saturated heterocycles. The second-order valence-corrected chi connectivity index (χ2v) is 7.06. The van der Waals surface area contributed by atoms with Gasteiger partial charge in [0.1, 0.15) is 30.5 Å². The number of ether oxygens (including phenoxy) is 2. The molecule has 10 heteroatoms. The molecule has 2 N–H and O–H groups in total. The first-order chi connectivity index (χ1) is 15.8. The molecule has 4 rings (SSSR count). The lowest BCUT2D eigenvalue weighted by atomic mass is 10.1. The molecule has 33 heavy (non-hydrogen) atoms. The molecule has 0 fully saturated rings. The van der Waals surface area contributed by atoms with Crippen molar-refractivity contribution in [3.63, 3.8) is 0 Å². The quantitative estimate of drug-likeness (QED) is 0.429. The van der Waals surface area contributed by atoms with Crippen molar-refractivity contribution >= 4 is 10.9 Å². The minimum Gasteiger partial charge on any atom is -0.490 e. The van der Waals surface area contributed by atoms with Crippen molar-refractivity contribution in [2.75, 3.05) is 13.2 Å². The summed E-state index contributed by atoms with van der Waals surface area (Å²) < 4.78 is 50.7. The van der Waals surface area contributed by atoms with Gasteiger partial charge in [0.15, 0.2) is 0 Å². The highest BCUT2D eigenvalue weighted by atomic mass is 19.4. The number of pyridine rings is 1. The highest BCUT2D eigenvalue weighted by Gasteiger charge is 2.31. The number of hydrogen-bond donors (Lipinski definition) is 2. The maximum atomic E-state index is 13.2. The highest BCUT2D eigenvalue weighted by molar-refractivity contribution is 5.79. The minimum atomic E-state index is -4.59. The number of hydrogen-bond acceptors (Lipinski definition) is 7. The van der Waals surface area contributed by atoms with E-state index >= 15 is 0 Å². The highest BCUT2D eigenvalue weighted by Crippen LogP contribution is 2.37. The van der Waals surface area contributed by atoms with Crippen molar-refractivity contribution in [2.45, 2.75) is 12.3 Å². The fraction of sp³-hybridized carbons (Fsp3) is 0.174. The van der Waals surface area contributed by atoms with Crippen LogP contribution in [0.1, 0.15) is 5.56 Å². The summed E-state index contributed by atoms with van der Waals surface area (Å²) in [5.74, 6) is 0.481. The zero-order valence-corrected chi connectivity index (χ0v) is 17.0. The lowest BCUT2D eigenvalue weighted by Gasteiger charge is -2.16. The third kappa shape index (κ3) is 5.36. The zero-order chi connectivity index (χ0) is 23.4. The number of halogens is 3. The number of alkyl halides is 3. The summed E-state index contributed by atoms with van der Waals surface area (Å²) >= 11 is 0. The van der Waals surface area contributed by atoms with Crippen molar-refractivity contribution in [3.8, 4) is 28.6 Å². The van der Waals surface area contributed by atoms with Crippen LogP contribution in [0.3, 0.4) is 0 Å². The van der Waals surface area contributed by atoms with E-state index in [0.29, 0.717) is 5.75 Å². The molecule has 0 spiro atoms. The molecule has 7 nitrogen and oxygen atoms in total. The minimum absolute atomic E-state index is 0.156. The summed E-state index contributed by atoms with van der Waals surface area (Å²) in [6, 6.07) is 13.5. The molecule has 2 aromatic heterocycles. The number of aromatic nitrogens is 3. The number of aliphatic hydroxyl groups is 2. The number of rotatable bonds is 7. The Kier molecular flexibility index (Phi) is 6.38. The normalized spacial score (nSPS) is 12.5. The predicted molar refractivity (Wildman–Crippen MR) is 113 cm³/mol. The largest absolute Gasteiger partial charge is 0.490 e. The molecule has 0 aliphatic carbocycles. The fourth-order valence-corrected chi connectivity index (χ4v) is 3.04. The Morgan fingerprint density at radius 3 is 2.61 bits per heavy atom. The van der Waals surface area contributed by atoms with E-state index in [9.17, 15) is 18.3 Å². The first-order valence-corrected chi connectivity index (χ1v) is 9.81. The van der Waals surface area contributed by atoms with Crippen LogP contribution in [0.2, 0.25) is 0 Å². The molecule has 2 heterocycles. The Labute approximate surface area is 186 Å². The van der Waals surface area contributed by atoms with Crippen molar-refractivity contribution in [1.29, 1.82) is 0 Å². The van der Waals surface area contributed by atoms with E-state index in [0.717, 1.165) is 23.0 Å². The Morgan fingerprint density at radius 2 is 1.82 bits per heavy atom. The SMILES string of the molecule is OC[C@H](O)COc1cc(C(F)(F)F)ccc1-c1cc(Oc2ccc3cccnc3c2)ncn1. The molecule has 0 bridgehead atoms. The molecule has 2 aromatic carbocycles. The van der Waals surface area contributed by atoms with E-state index in [1.807, 2.05) is 18.2 Å². The average Bonchev–Trinajstić information content (AvgIpc) is 2.82. The van der Waals surface area contributed by atoms with Gasteiger partial charge < -0.3 is 19.7 Å². The number of aliphatic hydroxyl groups excluding tert-OH is 2. The second kappa shape index (κ2) is 9.39. The third-order valence-electron chi connectivity index (χ3n) is 4.67. The van der Waals surface area contributed by atoms with Crippen LogP contribution in [-0.4, -0.2) is 44.5 Å². The van der Waals surface area contributed by atoms with E-state index in [4.69, 9.17) is 14.6 Å². The lowest BCUT2D eigenvalue weighted by Crippen LogP contribution is -2.21. The molecular formula is C23H18F3N3O4. The van der Waals surface area contributed by atoms with Gasteiger partial charge in [-0.25, -0.2) is 9.97 Å². The van der Waals surface area contributed by atoms with Gasteiger partial charge >= 0.3 is 6.18 Å². The van der Waals surface area contributed by atoms with Gasteiger partial charge in [-0.3, -0.25) is 4.98 Å². The molecule has 1 atom stereocenters. The Bertz CT molecular complexity index is 1270. The van der Waals surface area contributed by atoms with Crippen LogP contribution in [0.25, 0.3) is 22.2 Å². The van der Waals surface area contributed by atoms with Crippen LogP contribution in [0, 0.1) is 0 Å². The fourth-order valence-electron chi connectivity index (χ4n) is 3.04. The molecule has 0 aliphatic heterocycles. The van der Waals surface area contributed by atoms with Crippen LogP contribution >= 0.6 is 0 Å². The predicted octanol–water partition coefficient (Wildman–Crippen LogP) is 4.23. The maximum absolute atomic E-state index is 13.2. The topological polar surface area (TPSA) is 97.6 Å². The second-order valence-electron chi connectivity index (χ2n) is 7.06. The molecule has 0 amide bonds. The summed E-state index contributed by atoms with van der Waals surface area (Å²) in [6.45, 7) is -0.996. The summed E-state index contributed by atoms with van der Waals surface area (Å²) in [5, 5.41) is 19.5. The molecule has 170 valence electrons. The van der Waals surface area contributed by atoms with Crippen LogP contribution in [0.5, 0.6) is 17.4 Å². The first-order valence-electron chi connectivity index (χ1n) is 9.81. The summed E-state index contributed by atoms with van der Waals surface area (Å²) in [6.07, 6.45) is -2.96. The molecular weight excluding hydrogens is 439 g/mol. The standard InChI is InChI=1S/C23H18F3N3O4/c24-23(25,26)15-4-6-18(21(8-15)32-12-16(31)11-30)20-10-22(29-13-28-20)33-17-5-3-14-2-1-7-27-19(14)9-17/h1-10,13,16,30-31H,11-12H2/t16-/m0/s1. The van der Waals surface area contributed by atoms with Crippen LogP contribution in [0.4, 0.5) is 13.2 Å². The van der Waals surface area contributed by atoms with E-state index in [2.05, 4.69) is 15.0 Å². The lowest BCUT2D eigenvalue weighted by molar-refractivity contribution is -0.137. The summed E-state index contributed by atoms with van der Waals surface area (Å²) in [4.78, 5) is 12.5. The molecule has 4 aromatic rings.